The molecule has 3 rings (SSSR count). The van der Waals surface area contributed by atoms with E-state index < -0.39 is 17.5 Å². The predicted molar refractivity (Wildman–Crippen MR) is 120 cm³/mol. The monoisotopic (exact) mass is 475 g/mol. The molecule has 162 valence electrons. The SMILES string of the molecule is COc1ccc(Cl)c2sc(N(CCCN(C)C)C(=O)c3ccc(F)cc3F)nc12.Cl. The van der Waals surface area contributed by atoms with Crippen LogP contribution in [0.15, 0.2) is 30.3 Å². The average molecular weight is 476 g/mol. The highest BCUT2D eigenvalue weighted by atomic mass is 35.5. The third-order valence-corrected chi connectivity index (χ3v) is 5.83. The minimum Gasteiger partial charge on any atom is -0.494 e. The molecule has 1 amide bonds. The first-order chi connectivity index (χ1) is 13.8. The van der Waals surface area contributed by atoms with Crippen LogP contribution in [0.1, 0.15) is 16.8 Å². The van der Waals surface area contributed by atoms with E-state index in [4.69, 9.17) is 16.3 Å². The third-order valence-electron chi connectivity index (χ3n) is 4.29. The lowest BCUT2D eigenvalue weighted by Gasteiger charge is -2.21. The summed E-state index contributed by atoms with van der Waals surface area (Å²) in [5, 5.41) is 0.858. The maximum atomic E-state index is 14.3. The summed E-state index contributed by atoms with van der Waals surface area (Å²) >= 11 is 7.52. The van der Waals surface area contributed by atoms with Crippen molar-refractivity contribution >= 4 is 56.6 Å². The Hall–Kier alpha value is -2.00. The molecule has 0 aliphatic rings. The Kier molecular flexibility index (Phi) is 8.37. The van der Waals surface area contributed by atoms with Crippen LogP contribution in [0.4, 0.5) is 13.9 Å². The van der Waals surface area contributed by atoms with Crippen molar-refractivity contribution < 1.29 is 18.3 Å². The summed E-state index contributed by atoms with van der Waals surface area (Å²) in [5.74, 6) is -1.71. The number of benzene rings is 2. The summed E-state index contributed by atoms with van der Waals surface area (Å²) in [6.07, 6.45) is 0.641. The number of nitrogens with zero attached hydrogens (tertiary/aromatic N) is 3. The lowest BCUT2D eigenvalue weighted by atomic mass is 10.2. The lowest BCUT2D eigenvalue weighted by molar-refractivity contribution is 0.0982. The van der Waals surface area contributed by atoms with Crippen molar-refractivity contribution in [3.8, 4) is 5.75 Å². The first-order valence-corrected chi connectivity index (χ1v) is 10.1. The number of carbonyl (C=O) groups is 1. The molecule has 0 atom stereocenters. The number of fused-ring (bicyclic) bond motifs is 1. The van der Waals surface area contributed by atoms with Gasteiger partial charge in [-0.15, -0.1) is 12.4 Å². The first kappa shape index (κ1) is 24.3. The third kappa shape index (κ3) is 5.18. The van der Waals surface area contributed by atoms with Crippen molar-refractivity contribution in [1.82, 2.24) is 9.88 Å². The molecule has 0 fully saturated rings. The molecule has 1 heterocycles. The summed E-state index contributed by atoms with van der Waals surface area (Å²) in [6.45, 7) is 1.04. The van der Waals surface area contributed by atoms with Gasteiger partial charge in [0.25, 0.3) is 5.91 Å². The summed E-state index contributed by atoms with van der Waals surface area (Å²) in [7, 11) is 5.37. The molecule has 0 N–H and O–H groups in total. The number of hydrogen-bond donors (Lipinski definition) is 0. The summed E-state index contributed by atoms with van der Waals surface area (Å²) in [5.41, 5.74) is 0.318. The summed E-state index contributed by atoms with van der Waals surface area (Å²) in [6, 6.07) is 6.30. The van der Waals surface area contributed by atoms with E-state index >= 15 is 0 Å². The molecule has 10 heteroatoms. The molecule has 0 saturated carbocycles. The van der Waals surface area contributed by atoms with Crippen molar-refractivity contribution in [3.63, 3.8) is 0 Å². The van der Waals surface area contributed by atoms with E-state index in [1.54, 1.807) is 12.1 Å². The second kappa shape index (κ2) is 10.3. The van der Waals surface area contributed by atoms with Gasteiger partial charge >= 0.3 is 0 Å². The summed E-state index contributed by atoms with van der Waals surface area (Å²) < 4.78 is 33.6. The smallest absolute Gasteiger partial charge is 0.263 e. The molecule has 3 aromatic rings. The summed E-state index contributed by atoms with van der Waals surface area (Å²) in [4.78, 5) is 21.1. The fraction of sp³-hybridized carbons (Fsp3) is 0.300. The fourth-order valence-corrected chi connectivity index (χ4v) is 4.14. The number of hydrogen-bond acceptors (Lipinski definition) is 5. The van der Waals surface area contributed by atoms with E-state index in [0.717, 1.165) is 18.7 Å². The predicted octanol–water partition coefficient (Wildman–Crippen LogP) is 5.26. The van der Waals surface area contributed by atoms with Crippen molar-refractivity contribution in [1.29, 1.82) is 0 Å². The van der Waals surface area contributed by atoms with E-state index in [1.807, 2.05) is 19.0 Å². The first-order valence-electron chi connectivity index (χ1n) is 8.86. The second-order valence-electron chi connectivity index (χ2n) is 6.66. The number of anilines is 1. The van der Waals surface area contributed by atoms with E-state index in [1.165, 1.54) is 23.3 Å². The van der Waals surface area contributed by atoms with E-state index in [-0.39, 0.29) is 18.0 Å². The van der Waals surface area contributed by atoms with Gasteiger partial charge in [-0.05, 0) is 51.3 Å². The van der Waals surface area contributed by atoms with Crippen LogP contribution in [0.5, 0.6) is 5.75 Å². The molecule has 5 nitrogen and oxygen atoms in total. The molecular formula is C20H21Cl2F2N3O2S. The Morgan fingerprint density at radius 2 is 1.93 bits per heavy atom. The Morgan fingerprint density at radius 3 is 2.57 bits per heavy atom. The number of rotatable bonds is 7. The highest BCUT2D eigenvalue weighted by molar-refractivity contribution is 7.23. The zero-order chi connectivity index (χ0) is 21.1. The largest absolute Gasteiger partial charge is 0.494 e. The molecule has 0 bridgehead atoms. The van der Waals surface area contributed by atoms with Crippen LogP contribution in [0, 0.1) is 11.6 Å². The average Bonchev–Trinajstić information content (AvgIpc) is 3.11. The van der Waals surface area contributed by atoms with Gasteiger partial charge in [0.15, 0.2) is 5.13 Å². The number of methoxy groups -OCH3 is 1. The van der Waals surface area contributed by atoms with Crippen LogP contribution in [-0.2, 0) is 0 Å². The Labute approximate surface area is 188 Å². The van der Waals surface area contributed by atoms with Gasteiger partial charge in [-0.1, -0.05) is 22.9 Å². The van der Waals surface area contributed by atoms with Gasteiger partial charge in [-0.25, -0.2) is 13.8 Å². The van der Waals surface area contributed by atoms with E-state index in [2.05, 4.69) is 4.98 Å². The van der Waals surface area contributed by atoms with Gasteiger partial charge in [0.2, 0.25) is 0 Å². The van der Waals surface area contributed by atoms with Gasteiger partial charge in [-0.3, -0.25) is 9.69 Å². The number of thiazole rings is 1. The minimum absolute atomic E-state index is 0. The molecule has 0 aliphatic heterocycles. The van der Waals surface area contributed by atoms with Gasteiger partial charge in [-0.2, -0.15) is 0 Å². The number of ether oxygens (including phenoxy) is 1. The van der Waals surface area contributed by atoms with Crippen molar-refractivity contribution in [2.75, 3.05) is 39.2 Å². The highest BCUT2D eigenvalue weighted by Gasteiger charge is 2.25. The maximum absolute atomic E-state index is 14.3. The van der Waals surface area contributed by atoms with Crippen molar-refractivity contribution in [2.45, 2.75) is 6.42 Å². The Morgan fingerprint density at radius 1 is 1.20 bits per heavy atom. The van der Waals surface area contributed by atoms with Gasteiger partial charge < -0.3 is 9.64 Å². The molecule has 30 heavy (non-hydrogen) atoms. The normalized spacial score (nSPS) is 10.9. The molecule has 0 spiro atoms. The van der Waals surface area contributed by atoms with E-state index in [0.29, 0.717) is 45.2 Å². The molecule has 0 unspecified atom stereocenters. The molecule has 0 aliphatic carbocycles. The van der Waals surface area contributed by atoms with Crippen molar-refractivity contribution in [2.24, 2.45) is 0 Å². The van der Waals surface area contributed by atoms with Crippen LogP contribution >= 0.6 is 35.3 Å². The number of aromatic nitrogens is 1. The molecule has 0 radical (unpaired) electrons. The standard InChI is InChI=1S/C20H20ClF2N3O2S.ClH/c1-25(2)9-4-10-26(19(27)13-6-5-12(22)11-15(13)23)20-24-17-16(28-3)8-7-14(21)18(17)29-20;/h5-8,11H,4,9-10H2,1-3H3;1H. The minimum atomic E-state index is -0.913. The molecule has 1 aromatic heterocycles. The fourth-order valence-electron chi connectivity index (χ4n) is 2.86. The Bertz CT molecular complexity index is 1050. The van der Waals surface area contributed by atoms with Crippen molar-refractivity contribution in [3.05, 3.63) is 52.6 Å². The van der Waals surface area contributed by atoms with Crippen LogP contribution in [0.3, 0.4) is 0 Å². The molecule has 2 aromatic carbocycles. The topological polar surface area (TPSA) is 45.7 Å². The number of carbonyl (C=O) groups excluding carboxylic acids is 1. The van der Waals surface area contributed by atoms with Crippen LogP contribution in [0.2, 0.25) is 5.02 Å². The quantitative estimate of drug-likeness (QED) is 0.467. The van der Waals surface area contributed by atoms with Crippen LogP contribution in [0.25, 0.3) is 10.2 Å². The Balaban J connectivity index is 0.00000320. The zero-order valence-electron chi connectivity index (χ0n) is 16.6. The lowest BCUT2D eigenvalue weighted by Crippen LogP contribution is -2.34. The molecule has 0 saturated heterocycles. The van der Waals surface area contributed by atoms with Crippen LogP contribution in [-0.4, -0.2) is 50.1 Å². The van der Waals surface area contributed by atoms with Crippen LogP contribution < -0.4 is 9.64 Å². The van der Waals surface area contributed by atoms with Gasteiger partial charge in [0, 0.05) is 12.6 Å². The van der Waals surface area contributed by atoms with E-state index in [9.17, 15) is 13.6 Å². The van der Waals surface area contributed by atoms with Gasteiger partial charge in [0.1, 0.15) is 22.9 Å². The van der Waals surface area contributed by atoms with Gasteiger partial charge in [0.05, 0.1) is 22.4 Å². The zero-order valence-corrected chi connectivity index (χ0v) is 19.0. The number of amides is 1. The highest BCUT2D eigenvalue weighted by Crippen LogP contribution is 2.39. The second-order valence-corrected chi connectivity index (χ2v) is 8.05. The number of halogens is 4. The molecular weight excluding hydrogens is 455 g/mol. The maximum Gasteiger partial charge on any atom is 0.263 e.